The molecular weight excluding hydrogens is 340 g/mol. The Morgan fingerprint density at radius 2 is 2.20 bits per heavy atom. The molecule has 2 aromatic heterocycles. The van der Waals surface area contributed by atoms with Gasteiger partial charge < -0.3 is 14.9 Å². The van der Waals surface area contributed by atoms with Gasteiger partial charge in [0.05, 0.1) is 10.9 Å². The Hall–Kier alpha value is -2.51. The van der Waals surface area contributed by atoms with Crippen LogP contribution in [0, 0.1) is 6.92 Å². The number of nitrogens with zero attached hydrogens (tertiary/aromatic N) is 1. The van der Waals surface area contributed by atoms with Crippen molar-refractivity contribution in [2.45, 2.75) is 33.2 Å². The Labute approximate surface area is 148 Å². The Balaban J connectivity index is 2.14. The highest BCUT2D eigenvalue weighted by molar-refractivity contribution is 7.13. The molecule has 0 aliphatic carbocycles. The van der Waals surface area contributed by atoms with Crippen LogP contribution in [-0.2, 0) is 11.2 Å². The molecule has 25 heavy (non-hydrogen) atoms. The summed E-state index contributed by atoms with van der Waals surface area (Å²) in [5.74, 6) is -0.0252. The quantitative estimate of drug-likeness (QED) is 0.569. The first-order valence-electron chi connectivity index (χ1n) is 7.96. The first kappa shape index (κ1) is 17.3. The number of esters is 1. The molecule has 0 aliphatic heterocycles. The van der Waals surface area contributed by atoms with Gasteiger partial charge in [0.1, 0.15) is 22.6 Å². The molecule has 0 saturated heterocycles. The third-order valence-corrected chi connectivity index (χ3v) is 4.79. The van der Waals surface area contributed by atoms with E-state index in [1.807, 2.05) is 19.2 Å². The van der Waals surface area contributed by atoms with E-state index in [-0.39, 0.29) is 5.43 Å². The fourth-order valence-corrected chi connectivity index (χ4v) is 3.21. The fraction of sp³-hybridized carbons (Fsp3) is 0.278. The summed E-state index contributed by atoms with van der Waals surface area (Å²) in [6, 6.07) is 2.83. The van der Waals surface area contributed by atoms with Crippen molar-refractivity contribution in [3.05, 3.63) is 45.3 Å². The van der Waals surface area contributed by atoms with Gasteiger partial charge in [0.25, 0.3) is 0 Å². The Morgan fingerprint density at radius 3 is 2.80 bits per heavy atom. The maximum Gasteiger partial charge on any atom is 0.369 e. The summed E-state index contributed by atoms with van der Waals surface area (Å²) in [4.78, 5) is 29.0. The maximum atomic E-state index is 12.8. The van der Waals surface area contributed by atoms with E-state index < -0.39 is 12.0 Å². The third-order valence-electron chi connectivity index (χ3n) is 3.80. The smallest absolute Gasteiger partial charge is 0.369 e. The average molecular weight is 359 g/mol. The first-order valence-corrected chi connectivity index (χ1v) is 8.84. The van der Waals surface area contributed by atoms with Crippen LogP contribution in [0.15, 0.2) is 33.0 Å². The predicted octanol–water partition coefficient (Wildman–Crippen LogP) is 2.32. The Morgan fingerprint density at radius 1 is 1.44 bits per heavy atom. The molecule has 0 unspecified atom stereocenters. The number of thiazole rings is 1. The van der Waals surface area contributed by atoms with Crippen molar-refractivity contribution in [2.24, 2.45) is 0 Å². The van der Waals surface area contributed by atoms with Crippen molar-refractivity contribution in [2.75, 3.05) is 0 Å². The van der Waals surface area contributed by atoms with Crippen LogP contribution in [-0.4, -0.2) is 17.0 Å². The molecule has 6 nitrogen and oxygen atoms in total. The van der Waals surface area contributed by atoms with Gasteiger partial charge in [-0.2, -0.15) is 0 Å². The lowest BCUT2D eigenvalue weighted by molar-refractivity contribution is -0.401. The number of carbonyl (C=O) groups is 1. The lowest BCUT2D eigenvalue weighted by Gasteiger charge is -2.10. The number of rotatable bonds is 4. The highest BCUT2D eigenvalue weighted by Gasteiger charge is 2.19. The average Bonchev–Trinajstić information content (AvgIpc) is 3.00. The molecule has 3 N–H and O–H groups in total. The van der Waals surface area contributed by atoms with Crippen molar-refractivity contribution < 1.29 is 19.7 Å². The standard InChI is InChI=1S/C18H18N2O4S/c1-4-11-5-12-15(6-14(11)24-18(22)10(3)19)23-7-13(16(12)21)17-20-9(2)8-25-17/h5-8,10H,4,19H2,1-3H3/p+1/t10-/m1/s1. The van der Waals surface area contributed by atoms with Crippen LogP contribution in [0.5, 0.6) is 5.75 Å². The van der Waals surface area contributed by atoms with E-state index in [0.717, 1.165) is 11.3 Å². The van der Waals surface area contributed by atoms with E-state index in [2.05, 4.69) is 10.7 Å². The predicted molar refractivity (Wildman–Crippen MR) is 95.7 cm³/mol. The lowest BCUT2D eigenvalue weighted by atomic mass is 10.1. The molecule has 2 heterocycles. The summed E-state index contributed by atoms with van der Waals surface area (Å²) < 4.78 is 11.0. The van der Waals surface area contributed by atoms with Gasteiger partial charge in [-0.1, -0.05) is 6.92 Å². The number of hydrogen-bond donors (Lipinski definition) is 1. The Bertz CT molecular complexity index is 1000. The lowest BCUT2D eigenvalue weighted by Crippen LogP contribution is -2.64. The first-order chi connectivity index (χ1) is 11.9. The van der Waals surface area contributed by atoms with Gasteiger partial charge in [0.2, 0.25) is 5.43 Å². The van der Waals surface area contributed by atoms with E-state index in [1.54, 1.807) is 19.1 Å². The molecule has 1 atom stereocenters. The van der Waals surface area contributed by atoms with E-state index in [1.165, 1.54) is 17.6 Å². The second-order valence-electron chi connectivity index (χ2n) is 5.90. The van der Waals surface area contributed by atoms with Crippen LogP contribution >= 0.6 is 11.3 Å². The summed E-state index contributed by atoms with van der Waals surface area (Å²) in [6.07, 6.45) is 2.02. The number of quaternary nitrogens is 1. The molecular formula is C18H19N2O4S+. The second kappa shape index (κ2) is 6.78. The number of fused-ring (bicyclic) bond motifs is 1. The minimum absolute atomic E-state index is 0.145. The molecule has 0 saturated carbocycles. The van der Waals surface area contributed by atoms with Gasteiger partial charge in [0.15, 0.2) is 6.04 Å². The summed E-state index contributed by atoms with van der Waals surface area (Å²) in [7, 11) is 0. The van der Waals surface area contributed by atoms with E-state index in [4.69, 9.17) is 9.15 Å². The topological polar surface area (TPSA) is 97.0 Å². The van der Waals surface area contributed by atoms with Crippen molar-refractivity contribution in [1.82, 2.24) is 4.98 Å². The zero-order chi connectivity index (χ0) is 18.1. The molecule has 130 valence electrons. The summed E-state index contributed by atoms with van der Waals surface area (Å²) >= 11 is 1.40. The monoisotopic (exact) mass is 359 g/mol. The number of carbonyl (C=O) groups excluding carboxylic acids is 1. The van der Waals surface area contributed by atoms with Crippen LogP contribution in [0.3, 0.4) is 0 Å². The van der Waals surface area contributed by atoms with Crippen LogP contribution in [0.2, 0.25) is 0 Å². The van der Waals surface area contributed by atoms with E-state index in [9.17, 15) is 9.59 Å². The number of hydrogen-bond acceptors (Lipinski definition) is 6. The SMILES string of the molecule is CCc1cc2c(=O)c(-c3nc(C)cs3)coc2cc1OC(=O)[C@@H](C)[NH3+]. The van der Waals surface area contributed by atoms with Crippen LogP contribution in [0.1, 0.15) is 25.1 Å². The van der Waals surface area contributed by atoms with Crippen LogP contribution in [0.25, 0.3) is 21.5 Å². The number of benzene rings is 1. The van der Waals surface area contributed by atoms with Crippen molar-refractivity contribution in [3.8, 4) is 16.3 Å². The van der Waals surface area contributed by atoms with Crippen LogP contribution in [0.4, 0.5) is 0 Å². The molecule has 0 bridgehead atoms. The van der Waals surface area contributed by atoms with Crippen molar-refractivity contribution in [3.63, 3.8) is 0 Å². The van der Waals surface area contributed by atoms with Crippen molar-refractivity contribution in [1.29, 1.82) is 0 Å². The van der Waals surface area contributed by atoms with Crippen LogP contribution < -0.4 is 15.9 Å². The summed E-state index contributed by atoms with van der Waals surface area (Å²) in [5, 5.41) is 2.97. The number of ether oxygens (including phenoxy) is 1. The number of aromatic nitrogens is 1. The minimum atomic E-state index is -0.483. The normalized spacial score (nSPS) is 12.3. The van der Waals surface area contributed by atoms with Gasteiger partial charge in [0, 0.05) is 17.1 Å². The van der Waals surface area contributed by atoms with Gasteiger partial charge in [-0.05, 0) is 31.9 Å². The molecule has 0 amide bonds. The fourth-order valence-electron chi connectivity index (χ4n) is 2.41. The maximum absolute atomic E-state index is 12.8. The molecule has 1 aromatic carbocycles. The largest absolute Gasteiger partial charge is 0.463 e. The molecule has 3 aromatic rings. The highest BCUT2D eigenvalue weighted by atomic mass is 32.1. The van der Waals surface area contributed by atoms with Crippen molar-refractivity contribution >= 4 is 28.3 Å². The molecule has 0 fully saturated rings. The van der Waals surface area contributed by atoms with Gasteiger partial charge in [-0.25, -0.2) is 9.78 Å². The molecule has 7 heteroatoms. The molecule has 0 aliphatic rings. The van der Waals surface area contributed by atoms with Gasteiger partial charge in [-0.15, -0.1) is 11.3 Å². The summed E-state index contributed by atoms with van der Waals surface area (Å²) in [6.45, 7) is 5.47. The number of aryl methyl sites for hydroxylation is 2. The summed E-state index contributed by atoms with van der Waals surface area (Å²) in [5.41, 5.74) is 5.95. The van der Waals surface area contributed by atoms with Gasteiger partial charge >= 0.3 is 5.97 Å². The molecule has 0 spiro atoms. The zero-order valence-corrected chi connectivity index (χ0v) is 15.1. The minimum Gasteiger partial charge on any atom is -0.463 e. The van der Waals surface area contributed by atoms with Gasteiger partial charge in [-0.3, -0.25) is 4.79 Å². The molecule has 3 rings (SSSR count). The van der Waals surface area contributed by atoms with E-state index in [0.29, 0.717) is 33.7 Å². The van der Waals surface area contributed by atoms with E-state index >= 15 is 0 Å². The Kier molecular flexibility index (Phi) is 4.69. The zero-order valence-electron chi connectivity index (χ0n) is 14.3. The molecule has 0 radical (unpaired) electrons. The highest BCUT2D eigenvalue weighted by Crippen LogP contribution is 2.28. The third kappa shape index (κ3) is 3.33. The second-order valence-corrected chi connectivity index (χ2v) is 6.76.